The van der Waals surface area contributed by atoms with Crippen molar-refractivity contribution in [3.63, 3.8) is 0 Å². The molecule has 3 N–H and O–H groups in total. The van der Waals surface area contributed by atoms with E-state index in [4.69, 9.17) is 5.73 Å². The topological polar surface area (TPSA) is 46.2 Å². The number of aliphatic hydroxyl groups excluding tert-OH is 1. The third-order valence-electron chi connectivity index (χ3n) is 2.40. The van der Waals surface area contributed by atoms with Crippen LogP contribution in [0.2, 0.25) is 0 Å². The molecule has 0 saturated heterocycles. The minimum atomic E-state index is -2.85. The molecule has 16 heavy (non-hydrogen) atoms. The van der Waals surface area contributed by atoms with Crippen molar-refractivity contribution in [2.45, 2.75) is 25.9 Å². The van der Waals surface area contributed by atoms with Crippen LogP contribution >= 0.6 is 0 Å². The first-order valence-corrected chi connectivity index (χ1v) is 4.93. The first-order chi connectivity index (χ1) is 7.47. The molecule has 0 bridgehead atoms. The smallest absolute Gasteiger partial charge is 0.266 e. The van der Waals surface area contributed by atoms with E-state index >= 15 is 0 Å². The normalized spacial score (nSPS) is 13.2. The minimum Gasteiger partial charge on any atom is -0.388 e. The number of aryl methyl sites for hydroxylation is 1. The average Bonchev–Trinajstić information content (AvgIpc) is 2.16. The van der Waals surface area contributed by atoms with Crippen molar-refractivity contribution in [3.05, 3.63) is 34.6 Å². The Hall–Kier alpha value is -1.07. The van der Waals surface area contributed by atoms with Crippen LogP contribution in [0.1, 0.15) is 35.6 Å². The molecule has 0 fully saturated rings. The van der Waals surface area contributed by atoms with Crippen LogP contribution < -0.4 is 5.73 Å². The number of alkyl halides is 2. The summed E-state index contributed by atoms with van der Waals surface area (Å²) in [5, 5.41) is 9.56. The van der Waals surface area contributed by atoms with Crippen LogP contribution in [0.5, 0.6) is 0 Å². The number of rotatable bonds is 4. The van der Waals surface area contributed by atoms with E-state index in [-0.39, 0.29) is 24.1 Å². The lowest BCUT2D eigenvalue weighted by molar-refractivity contribution is 0.144. The Balaban J connectivity index is 3.09. The van der Waals surface area contributed by atoms with Gasteiger partial charge in [-0.2, -0.15) is 0 Å². The number of nitrogens with two attached hydrogens (primary N) is 1. The van der Waals surface area contributed by atoms with Crippen LogP contribution in [0.4, 0.5) is 13.2 Å². The molecule has 1 unspecified atom stereocenters. The first kappa shape index (κ1) is 13.0. The minimum absolute atomic E-state index is 0.140. The summed E-state index contributed by atoms with van der Waals surface area (Å²) in [4.78, 5) is 0. The summed E-state index contributed by atoms with van der Waals surface area (Å²) in [7, 11) is 0. The zero-order valence-corrected chi connectivity index (χ0v) is 8.88. The summed E-state index contributed by atoms with van der Waals surface area (Å²) >= 11 is 0. The maximum absolute atomic E-state index is 13.3. The van der Waals surface area contributed by atoms with Crippen molar-refractivity contribution < 1.29 is 18.3 Å². The van der Waals surface area contributed by atoms with Crippen molar-refractivity contribution in [3.8, 4) is 0 Å². The van der Waals surface area contributed by atoms with Gasteiger partial charge in [0.25, 0.3) is 6.43 Å². The van der Waals surface area contributed by atoms with Crippen LogP contribution in [0.15, 0.2) is 12.1 Å². The zero-order chi connectivity index (χ0) is 12.3. The van der Waals surface area contributed by atoms with Crippen LogP contribution in [-0.2, 0) is 0 Å². The highest BCUT2D eigenvalue weighted by Crippen LogP contribution is 2.29. The van der Waals surface area contributed by atoms with Crippen molar-refractivity contribution in [1.82, 2.24) is 0 Å². The predicted octanol–water partition coefficient (Wildman–Crippen LogP) is 2.45. The van der Waals surface area contributed by atoms with E-state index in [0.717, 1.165) is 6.07 Å². The molecule has 2 nitrogen and oxygen atoms in total. The highest BCUT2D eigenvalue weighted by molar-refractivity contribution is 5.34. The summed E-state index contributed by atoms with van der Waals surface area (Å²) in [6, 6.07) is 2.31. The summed E-state index contributed by atoms with van der Waals surface area (Å²) in [5.41, 5.74) is 5.06. The highest BCUT2D eigenvalue weighted by atomic mass is 19.3. The summed E-state index contributed by atoms with van der Waals surface area (Å²) < 4.78 is 38.2. The van der Waals surface area contributed by atoms with E-state index in [0.29, 0.717) is 0 Å². The first-order valence-electron chi connectivity index (χ1n) is 4.93. The number of benzene rings is 1. The molecule has 1 aromatic rings. The molecule has 0 aliphatic heterocycles. The van der Waals surface area contributed by atoms with Gasteiger partial charge in [0.2, 0.25) is 0 Å². The van der Waals surface area contributed by atoms with Gasteiger partial charge in [-0.3, -0.25) is 0 Å². The van der Waals surface area contributed by atoms with Crippen molar-refractivity contribution in [2.75, 3.05) is 6.54 Å². The largest absolute Gasteiger partial charge is 0.388 e. The Labute approximate surface area is 91.9 Å². The van der Waals surface area contributed by atoms with Gasteiger partial charge in [0.15, 0.2) is 0 Å². The van der Waals surface area contributed by atoms with Gasteiger partial charge in [-0.1, -0.05) is 6.07 Å². The second-order valence-corrected chi connectivity index (χ2v) is 3.63. The quantitative estimate of drug-likeness (QED) is 0.839. The highest BCUT2D eigenvalue weighted by Gasteiger charge is 2.19. The van der Waals surface area contributed by atoms with E-state index in [9.17, 15) is 18.3 Å². The van der Waals surface area contributed by atoms with Gasteiger partial charge >= 0.3 is 0 Å². The van der Waals surface area contributed by atoms with Gasteiger partial charge in [-0.05, 0) is 37.1 Å². The molecule has 5 heteroatoms. The van der Waals surface area contributed by atoms with Crippen LogP contribution in [0.25, 0.3) is 0 Å². The molecule has 0 aliphatic rings. The van der Waals surface area contributed by atoms with Gasteiger partial charge < -0.3 is 10.8 Å². The molecular formula is C11H14F3NO. The third-order valence-corrected chi connectivity index (χ3v) is 2.40. The second kappa shape index (κ2) is 5.32. The fraction of sp³-hybridized carbons (Fsp3) is 0.455. The molecule has 0 saturated carbocycles. The number of hydrogen-bond donors (Lipinski definition) is 2. The molecule has 0 aromatic heterocycles. The summed E-state index contributed by atoms with van der Waals surface area (Å²) in [5.74, 6) is -0.985. The summed E-state index contributed by atoms with van der Waals surface area (Å²) in [6.07, 6.45) is -3.49. The molecular weight excluding hydrogens is 219 g/mol. The van der Waals surface area contributed by atoms with Crippen LogP contribution in [0.3, 0.4) is 0 Å². The Morgan fingerprint density at radius 1 is 1.38 bits per heavy atom. The van der Waals surface area contributed by atoms with E-state index in [2.05, 4.69) is 0 Å². The predicted molar refractivity (Wildman–Crippen MR) is 54.7 cm³/mol. The van der Waals surface area contributed by atoms with Crippen molar-refractivity contribution >= 4 is 0 Å². The van der Waals surface area contributed by atoms with Crippen LogP contribution in [-0.4, -0.2) is 11.7 Å². The molecule has 0 heterocycles. The molecule has 0 spiro atoms. The second-order valence-electron chi connectivity index (χ2n) is 3.63. The Bertz CT molecular complexity index is 345. The standard InChI is InChI=1S/C11H14F3NO/c1-6-4-7(9(16)2-3-15)5-8(12)10(6)11(13)14/h4-5,9,11,16H,2-3,15H2,1H3. The maximum atomic E-state index is 13.3. The van der Waals surface area contributed by atoms with Gasteiger partial charge in [-0.25, -0.2) is 13.2 Å². The fourth-order valence-electron chi connectivity index (χ4n) is 1.58. The van der Waals surface area contributed by atoms with Gasteiger partial charge in [0, 0.05) is 0 Å². The third kappa shape index (κ3) is 2.74. The SMILES string of the molecule is Cc1cc(C(O)CCN)cc(F)c1C(F)F. The Morgan fingerprint density at radius 2 is 2.00 bits per heavy atom. The number of halogens is 3. The maximum Gasteiger partial charge on any atom is 0.266 e. The average molecular weight is 233 g/mol. The Morgan fingerprint density at radius 3 is 2.44 bits per heavy atom. The number of aliphatic hydroxyl groups is 1. The molecule has 0 amide bonds. The fourth-order valence-corrected chi connectivity index (χ4v) is 1.58. The Kier molecular flexibility index (Phi) is 4.32. The monoisotopic (exact) mass is 233 g/mol. The zero-order valence-electron chi connectivity index (χ0n) is 8.88. The van der Waals surface area contributed by atoms with E-state index in [1.807, 2.05) is 0 Å². The van der Waals surface area contributed by atoms with Crippen molar-refractivity contribution in [1.29, 1.82) is 0 Å². The lowest BCUT2D eigenvalue weighted by atomic mass is 10.00. The lowest BCUT2D eigenvalue weighted by Gasteiger charge is -2.13. The number of hydrogen-bond acceptors (Lipinski definition) is 2. The van der Waals surface area contributed by atoms with Gasteiger partial charge in [0.1, 0.15) is 5.82 Å². The van der Waals surface area contributed by atoms with E-state index < -0.39 is 23.9 Å². The summed E-state index contributed by atoms with van der Waals surface area (Å²) in [6.45, 7) is 1.64. The van der Waals surface area contributed by atoms with Gasteiger partial charge in [0.05, 0.1) is 11.7 Å². The van der Waals surface area contributed by atoms with Crippen molar-refractivity contribution in [2.24, 2.45) is 5.73 Å². The lowest BCUT2D eigenvalue weighted by Crippen LogP contribution is -2.08. The van der Waals surface area contributed by atoms with Crippen LogP contribution in [0, 0.1) is 12.7 Å². The van der Waals surface area contributed by atoms with E-state index in [1.54, 1.807) is 0 Å². The molecule has 1 aromatic carbocycles. The molecule has 0 aliphatic carbocycles. The van der Waals surface area contributed by atoms with Gasteiger partial charge in [-0.15, -0.1) is 0 Å². The molecule has 1 rings (SSSR count). The molecule has 90 valence electrons. The molecule has 1 atom stereocenters. The molecule has 0 radical (unpaired) electrons. The van der Waals surface area contributed by atoms with E-state index in [1.165, 1.54) is 13.0 Å².